The largest absolute Gasteiger partial charge is 0.459 e. The van der Waals surface area contributed by atoms with Gasteiger partial charge in [-0.25, -0.2) is 0 Å². The maximum absolute atomic E-state index is 13.5. The van der Waals surface area contributed by atoms with E-state index in [2.05, 4.69) is 23.5 Å². The van der Waals surface area contributed by atoms with E-state index in [1.165, 1.54) is 6.26 Å². The summed E-state index contributed by atoms with van der Waals surface area (Å²) in [5.74, 6) is -0.165. The van der Waals surface area contributed by atoms with Gasteiger partial charge in [0.05, 0.1) is 12.0 Å². The highest BCUT2D eigenvalue weighted by Gasteiger charge is 2.25. The van der Waals surface area contributed by atoms with Gasteiger partial charge >= 0.3 is 0 Å². The van der Waals surface area contributed by atoms with Crippen LogP contribution in [0, 0.1) is 6.92 Å². The van der Waals surface area contributed by atoms with Gasteiger partial charge in [0.15, 0.2) is 5.76 Å². The molecule has 1 N–H and O–H groups in total. The van der Waals surface area contributed by atoms with Crippen LogP contribution in [0.2, 0.25) is 0 Å². The molecule has 0 spiro atoms. The summed E-state index contributed by atoms with van der Waals surface area (Å²) in [5, 5.41) is 2.81. The number of allylic oxidation sites excluding steroid dienone is 4. The van der Waals surface area contributed by atoms with Crippen molar-refractivity contribution < 1.29 is 14.0 Å². The molecule has 5 rings (SSSR count). The number of fused-ring (bicyclic) bond motifs is 2. The Labute approximate surface area is 190 Å². The van der Waals surface area contributed by atoms with Crippen molar-refractivity contribution in [2.75, 3.05) is 10.2 Å². The van der Waals surface area contributed by atoms with E-state index in [0.717, 1.165) is 33.0 Å². The van der Waals surface area contributed by atoms with E-state index in [1.807, 2.05) is 37.4 Å². The van der Waals surface area contributed by atoms with Crippen LogP contribution >= 0.6 is 11.8 Å². The fourth-order valence-electron chi connectivity index (χ4n) is 3.66. The molecule has 2 aliphatic rings. The van der Waals surface area contributed by atoms with Crippen molar-refractivity contribution in [2.24, 2.45) is 0 Å². The van der Waals surface area contributed by atoms with Crippen molar-refractivity contribution in [3.05, 3.63) is 113 Å². The molecule has 158 valence electrons. The lowest BCUT2D eigenvalue weighted by molar-refractivity contribution is 0.0990. The fraction of sp³-hybridized carbons (Fsp3) is 0.0769. The Kier molecular flexibility index (Phi) is 5.29. The number of anilines is 2. The van der Waals surface area contributed by atoms with E-state index < -0.39 is 0 Å². The second-order valence-electron chi connectivity index (χ2n) is 7.53. The number of nitrogens with one attached hydrogen (secondary N) is 1. The molecule has 0 unspecified atom stereocenters. The lowest BCUT2D eigenvalue weighted by atomic mass is 10.1. The maximum Gasteiger partial charge on any atom is 0.291 e. The molecule has 32 heavy (non-hydrogen) atoms. The molecule has 0 saturated carbocycles. The first-order valence-corrected chi connectivity index (χ1v) is 11.1. The number of rotatable bonds is 3. The van der Waals surface area contributed by atoms with Gasteiger partial charge in [0.1, 0.15) is 0 Å². The van der Waals surface area contributed by atoms with Crippen molar-refractivity contribution in [3.8, 4) is 0 Å². The number of aryl methyl sites for hydroxylation is 1. The van der Waals surface area contributed by atoms with Crippen molar-refractivity contribution in [1.82, 2.24) is 0 Å². The Morgan fingerprint density at radius 1 is 1.06 bits per heavy atom. The van der Waals surface area contributed by atoms with Gasteiger partial charge in [0, 0.05) is 32.8 Å². The molecule has 5 nitrogen and oxygen atoms in total. The molecule has 1 aromatic heterocycles. The third-order valence-corrected chi connectivity index (χ3v) is 6.53. The van der Waals surface area contributed by atoms with Crippen LogP contribution in [0.5, 0.6) is 0 Å². The van der Waals surface area contributed by atoms with Gasteiger partial charge in [-0.15, -0.1) is 0 Å². The molecule has 2 heterocycles. The molecule has 1 aliphatic heterocycles. The van der Waals surface area contributed by atoms with Crippen LogP contribution in [0.15, 0.2) is 105 Å². The highest BCUT2D eigenvalue weighted by Crippen LogP contribution is 2.43. The van der Waals surface area contributed by atoms with E-state index in [9.17, 15) is 9.59 Å². The van der Waals surface area contributed by atoms with Gasteiger partial charge in [0.25, 0.3) is 11.8 Å². The van der Waals surface area contributed by atoms with Crippen molar-refractivity contribution in [3.63, 3.8) is 0 Å². The third-order valence-electron chi connectivity index (χ3n) is 5.34. The number of benzene rings is 2. The Bertz CT molecular complexity index is 1300. The van der Waals surface area contributed by atoms with Crippen LogP contribution in [-0.4, -0.2) is 11.8 Å². The third kappa shape index (κ3) is 3.81. The molecule has 1 aliphatic carbocycles. The first-order chi connectivity index (χ1) is 15.6. The molecule has 0 atom stereocenters. The van der Waals surface area contributed by atoms with E-state index in [-0.39, 0.29) is 17.6 Å². The number of para-hydroxylation sites is 1. The number of carbonyl (C=O) groups excluding carboxylic acids is 2. The molecule has 3 aromatic rings. The van der Waals surface area contributed by atoms with Crippen molar-refractivity contribution in [1.29, 1.82) is 0 Å². The topological polar surface area (TPSA) is 62.6 Å². The molecular formula is C26H20N2O3S. The van der Waals surface area contributed by atoms with Gasteiger partial charge in [-0.1, -0.05) is 36.0 Å². The molecule has 0 saturated heterocycles. The lowest BCUT2D eigenvalue weighted by Crippen LogP contribution is -2.26. The summed E-state index contributed by atoms with van der Waals surface area (Å²) in [6.45, 7) is 1.81. The van der Waals surface area contributed by atoms with Gasteiger partial charge in [-0.2, -0.15) is 0 Å². The molecule has 0 bridgehead atoms. The number of thioether (sulfide) groups is 1. The Morgan fingerprint density at radius 2 is 1.88 bits per heavy atom. The van der Waals surface area contributed by atoms with E-state index in [4.69, 9.17) is 4.42 Å². The lowest BCUT2D eigenvalue weighted by Gasteiger charge is -2.20. The Balaban J connectivity index is 1.42. The zero-order chi connectivity index (χ0) is 22.1. The summed E-state index contributed by atoms with van der Waals surface area (Å²) < 4.78 is 5.24. The van der Waals surface area contributed by atoms with Crippen LogP contribution in [-0.2, 0) is 0 Å². The predicted molar refractivity (Wildman–Crippen MR) is 127 cm³/mol. The fourth-order valence-corrected chi connectivity index (χ4v) is 4.72. The summed E-state index contributed by atoms with van der Waals surface area (Å²) in [5.41, 5.74) is 3.87. The van der Waals surface area contributed by atoms with Crippen molar-refractivity contribution in [2.45, 2.75) is 18.2 Å². The monoisotopic (exact) mass is 440 g/mol. The number of nitrogens with zero attached hydrogens (tertiary/aromatic N) is 1. The van der Waals surface area contributed by atoms with Gasteiger partial charge in [-0.05, 0) is 67.5 Å². The summed E-state index contributed by atoms with van der Waals surface area (Å²) in [6, 6.07) is 16.6. The zero-order valence-electron chi connectivity index (χ0n) is 17.4. The summed E-state index contributed by atoms with van der Waals surface area (Å²) >= 11 is 1.68. The van der Waals surface area contributed by atoms with E-state index >= 15 is 0 Å². The minimum Gasteiger partial charge on any atom is -0.459 e. The number of amides is 2. The standard InChI is InChI=1S/C26H20N2O3S/c1-17-14-15-31-24(17)25(29)27-20-12-10-18(11-13-20)26(30)28-16-19-6-2-4-8-22(19)32-23-9-5-3-7-21(23)28/h2-5,7-16H,6H2,1H3,(H,27,29). The number of hydrogen-bond acceptors (Lipinski definition) is 4. The number of furan rings is 1. The highest BCUT2D eigenvalue weighted by atomic mass is 32.2. The molecule has 6 heteroatoms. The SMILES string of the molecule is Cc1ccoc1C(=O)Nc1ccc(C(=O)N2C=C3CC=CC=C3Sc3ccccc32)cc1. The van der Waals surface area contributed by atoms with Gasteiger partial charge in [-0.3, -0.25) is 14.5 Å². The first kappa shape index (κ1) is 20.2. The van der Waals surface area contributed by atoms with Crippen LogP contribution in [0.25, 0.3) is 0 Å². The zero-order valence-corrected chi connectivity index (χ0v) is 18.2. The predicted octanol–water partition coefficient (Wildman–Crippen LogP) is 6.32. The minimum absolute atomic E-state index is 0.124. The van der Waals surface area contributed by atoms with Crippen LogP contribution in [0.4, 0.5) is 11.4 Å². The average molecular weight is 441 g/mol. The van der Waals surface area contributed by atoms with E-state index in [0.29, 0.717) is 11.3 Å². The summed E-state index contributed by atoms with van der Waals surface area (Å²) in [7, 11) is 0. The average Bonchev–Trinajstić information content (AvgIpc) is 3.17. The first-order valence-electron chi connectivity index (χ1n) is 10.2. The van der Waals surface area contributed by atoms with Crippen LogP contribution < -0.4 is 10.2 Å². The second-order valence-corrected chi connectivity index (χ2v) is 8.61. The van der Waals surface area contributed by atoms with Gasteiger partial charge < -0.3 is 9.73 Å². The Hall–Kier alpha value is -3.77. The molecule has 2 amide bonds. The summed E-state index contributed by atoms with van der Waals surface area (Å²) in [6.07, 6.45) is 10.4. The normalized spacial score (nSPS) is 14.6. The smallest absolute Gasteiger partial charge is 0.291 e. The quantitative estimate of drug-likeness (QED) is 0.518. The number of hydrogen-bond donors (Lipinski definition) is 1. The molecule has 0 fully saturated rings. The maximum atomic E-state index is 13.5. The highest BCUT2D eigenvalue weighted by molar-refractivity contribution is 8.03. The second kappa shape index (κ2) is 8.40. The van der Waals surface area contributed by atoms with E-state index in [1.54, 1.807) is 47.0 Å². The molecule has 2 aromatic carbocycles. The summed E-state index contributed by atoms with van der Waals surface area (Å²) in [4.78, 5) is 29.8. The Morgan fingerprint density at radius 3 is 2.66 bits per heavy atom. The van der Waals surface area contributed by atoms with Crippen LogP contribution in [0.3, 0.4) is 0 Å². The number of carbonyl (C=O) groups is 2. The van der Waals surface area contributed by atoms with Crippen LogP contribution in [0.1, 0.15) is 32.9 Å². The van der Waals surface area contributed by atoms with Crippen molar-refractivity contribution >= 4 is 35.0 Å². The van der Waals surface area contributed by atoms with Gasteiger partial charge in [0.2, 0.25) is 0 Å². The molecular weight excluding hydrogens is 420 g/mol. The minimum atomic E-state index is -0.320. The molecule has 0 radical (unpaired) electrons.